The smallest absolute Gasteiger partial charge is 0.241 e. The molecule has 1 aromatic carbocycles. The SMILES string of the molecule is Cc1cc(N)cc(S(=O)(=O)NC(C)CS(C)=O)c1C. The van der Waals surface area contributed by atoms with E-state index in [1.807, 2.05) is 6.92 Å². The molecule has 0 heterocycles. The Balaban J connectivity index is 3.11. The topological polar surface area (TPSA) is 89.3 Å². The first-order valence-electron chi connectivity index (χ1n) is 5.82. The number of hydrogen-bond donors (Lipinski definition) is 2. The summed E-state index contributed by atoms with van der Waals surface area (Å²) in [4.78, 5) is 0.179. The molecular weight excluding hydrogens is 284 g/mol. The minimum Gasteiger partial charge on any atom is -0.399 e. The average Bonchev–Trinajstić information content (AvgIpc) is 2.20. The summed E-state index contributed by atoms with van der Waals surface area (Å²) in [5.74, 6) is 0.277. The van der Waals surface area contributed by atoms with Crippen molar-refractivity contribution in [1.82, 2.24) is 4.72 Å². The number of anilines is 1. The maximum Gasteiger partial charge on any atom is 0.241 e. The summed E-state index contributed by atoms with van der Waals surface area (Å²) in [6.45, 7) is 5.24. The summed E-state index contributed by atoms with van der Waals surface area (Å²) in [6.07, 6.45) is 1.54. The second-order valence-electron chi connectivity index (χ2n) is 4.72. The van der Waals surface area contributed by atoms with Crippen molar-refractivity contribution in [3.05, 3.63) is 23.3 Å². The first-order chi connectivity index (χ1) is 8.63. The largest absolute Gasteiger partial charge is 0.399 e. The summed E-state index contributed by atoms with van der Waals surface area (Å²) in [7, 11) is -4.70. The van der Waals surface area contributed by atoms with E-state index in [4.69, 9.17) is 5.73 Å². The molecule has 108 valence electrons. The fourth-order valence-electron chi connectivity index (χ4n) is 1.85. The van der Waals surface area contributed by atoms with E-state index in [1.54, 1.807) is 26.2 Å². The lowest BCUT2D eigenvalue weighted by Gasteiger charge is -2.16. The van der Waals surface area contributed by atoms with Gasteiger partial charge in [-0.25, -0.2) is 13.1 Å². The van der Waals surface area contributed by atoms with Crippen molar-refractivity contribution in [3.63, 3.8) is 0 Å². The van der Waals surface area contributed by atoms with Gasteiger partial charge in [0, 0.05) is 34.5 Å². The number of nitrogen functional groups attached to an aromatic ring is 1. The van der Waals surface area contributed by atoms with Crippen LogP contribution in [0.4, 0.5) is 5.69 Å². The average molecular weight is 304 g/mol. The Morgan fingerprint density at radius 2 is 1.95 bits per heavy atom. The van der Waals surface area contributed by atoms with Gasteiger partial charge in [0.1, 0.15) is 0 Å². The van der Waals surface area contributed by atoms with E-state index in [9.17, 15) is 12.6 Å². The van der Waals surface area contributed by atoms with E-state index in [0.29, 0.717) is 11.3 Å². The van der Waals surface area contributed by atoms with Gasteiger partial charge in [0.25, 0.3) is 0 Å². The van der Waals surface area contributed by atoms with Crippen molar-refractivity contribution in [2.75, 3.05) is 17.7 Å². The van der Waals surface area contributed by atoms with Gasteiger partial charge in [-0.2, -0.15) is 0 Å². The van der Waals surface area contributed by atoms with Crippen molar-refractivity contribution in [2.24, 2.45) is 0 Å². The summed E-state index contributed by atoms with van der Waals surface area (Å²) < 4.78 is 38.2. The van der Waals surface area contributed by atoms with Gasteiger partial charge in [0.15, 0.2) is 0 Å². The molecule has 7 heteroatoms. The molecule has 0 aromatic heterocycles. The van der Waals surface area contributed by atoms with E-state index >= 15 is 0 Å². The Morgan fingerprint density at radius 1 is 1.37 bits per heavy atom. The normalized spacial score (nSPS) is 15.2. The van der Waals surface area contributed by atoms with Crippen LogP contribution in [0, 0.1) is 13.8 Å². The summed E-state index contributed by atoms with van der Waals surface area (Å²) in [5, 5.41) is 0. The predicted molar refractivity (Wildman–Crippen MR) is 79.0 cm³/mol. The molecule has 0 spiro atoms. The minimum atomic E-state index is -3.65. The van der Waals surface area contributed by atoms with Crippen molar-refractivity contribution in [2.45, 2.75) is 31.7 Å². The lowest BCUT2D eigenvalue weighted by Crippen LogP contribution is -2.36. The van der Waals surface area contributed by atoms with E-state index in [0.717, 1.165) is 5.56 Å². The molecule has 1 rings (SSSR count). The zero-order chi connectivity index (χ0) is 14.8. The highest BCUT2D eigenvalue weighted by molar-refractivity contribution is 7.89. The quantitative estimate of drug-likeness (QED) is 0.792. The van der Waals surface area contributed by atoms with Crippen LogP contribution in [0.15, 0.2) is 17.0 Å². The Labute approximate surface area is 117 Å². The van der Waals surface area contributed by atoms with Gasteiger partial charge in [-0.3, -0.25) is 4.21 Å². The molecule has 3 N–H and O–H groups in total. The molecule has 0 fully saturated rings. The molecular formula is C12H20N2O3S2. The third kappa shape index (κ3) is 4.29. The van der Waals surface area contributed by atoms with Crippen LogP contribution in [0.5, 0.6) is 0 Å². The molecule has 0 saturated heterocycles. The van der Waals surface area contributed by atoms with Crippen molar-refractivity contribution >= 4 is 26.5 Å². The molecule has 0 aliphatic heterocycles. The number of aryl methyl sites for hydroxylation is 1. The number of nitrogens with two attached hydrogens (primary N) is 1. The summed E-state index contributed by atoms with van der Waals surface area (Å²) in [6, 6.07) is 2.79. The highest BCUT2D eigenvalue weighted by Gasteiger charge is 2.21. The van der Waals surface area contributed by atoms with Gasteiger partial charge in [-0.1, -0.05) is 0 Å². The summed E-state index contributed by atoms with van der Waals surface area (Å²) in [5.41, 5.74) is 7.61. The predicted octanol–water partition coefficient (Wildman–Crippen LogP) is 0.931. The highest BCUT2D eigenvalue weighted by atomic mass is 32.2. The molecule has 5 nitrogen and oxygen atoms in total. The van der Waals surface area contributed by atoms with Crippen LogP contribution < -0.4 is 10.5 Å². The lowest BCUT2D eigenvalue weighted by atomic mass is 10.1. The fourth-order valence-corrected chi connectivity index (χ4v) is 4.34. The Morgan fingerprint density at radius 3 is 2.47 bits per heavy atom. The van der Waals surface area contributed by atoms with Crippen LogP contribution >= 0.6 is 0 Å². The van der Waals surface area contributed by atoms with Gasteiger partial charge in [0.2, 0.25) is 10.0 Å². The zero-order valence-corrected chi connectivity index (χ0v) is 13.2. The first-order valence-corrected chi connectivity index (χ1v) is 9.03. The molecule has 2 atom stereocenters. The standard InChI is InChI=1S/C12H20N2O3S2/c1-8-5-11(13)6-12(10(8)3)19(16,17)14-9(2)7-18(4)15/h5-6,9,14H,7,13H2,1-4H3. The molecule has 2 unspecified atom stereocenters. The van der Waals surface area contributed by atoms with Crippen molar-refractivity contribution < 1.29 is 12.6 Å². The molecule has 0 bridgehead atoms. The van der Waals surface area contributed by atoms with Crippen LogP contribution in [0.25, 0.3) is 0 Å². The van der Waals surface area contributed by atoms with Crippen molar-refractivity contribution in [3.8, 4) is 0 Å². The number of nitrogens with one attached hydrogen (secondary N) is 1. The van der Waals surface area contributed by atoms with Gasteiger partial charge in [-0.15, -0.1) is 0 Å². The van der Waals surface area contributed by atoms with Gasteiger partial charge >= 0.3 is 0 Å². The highest BCUT2D eigenvalue weighted by Crippen LogP contribution is 2.22. The third-order valence-electron chi connectivity index (χ3n) is 2.77. The molecule has 0 amide bonds. The van der Waals surface area contributed by atoms with Crippen LogP contribution in [0.3, 0.4) is 0 Å². The van der Waals surface area contributed by atoms with E-state index in [2.05, 4.69) is 4.72 Å². The molecule has 0 radical (unpaired) electrons. The van der Waals surface area contributed by atoms with Crippen LogP contribution in [-0.2, 0) is 20.8 Å². The Kier molecular flexibility index (Phi) is 5.11. The molecule has 0 saturated carbocycles. The maximum absolute atomic E-state index is 12.3. The molecule has 1 aromatic rings. The zero-order valence-electron chi connectivity index (χ0n) is 11.6. The van der Waals surface area contributed by atoms with Crippen molar-refractivity contribution in [1.29, 1.82) is 0 Å². The van der Waals surface area contributed by atoms with Gasteiger partial charge in [-0.05, 0) is 44.0 Å². The fraction of sp³-hybridized carbons (Fsp3) is 0.500. The summed E-state index contributed by atoms with van der Waals surface area (Å²) >= 11 is 0. The number of sulfonamides is 1. The number of hydrogen-bond acceptors (Lipinski definition) is 4. The van der Waals surface area contributed by atoms with E-state index in [-0.39, 0.29) is 10.6 Å². The van der Waals surface area contributed by atoms with Gasteiger partial charge < -0.3 is 5.73 Å². The molecule has 19 heavy (non-hydrogen) atoms. The molecule has 0 aliphatic rings. The van der Waals surface area contributed by atoms with Crippen LogP contribution in [0.1, 0.15) is 18.1 Å². The molecule has 0 aliphatic carbocycles. The van der Waals surface area contributed by atoms with Crippen LogP contribution in [0.2, 0.25) is 0 Å². The number of rotatable bonds is 5. The van der Waals surface area contributed by atoms with Gasteiger partial charge in [0.05, 0.1) is 4.90 Å². The van der Waals surface area contributed by atoms with Crippen LogP contribution in [-0.4, -0.2) is 30.7 Å². The van der Waals surface area contributed by atoms with E-state index in [1.165, 1.54) is 6.07 Å². The Bertz CT molecular complexity index is 597. The number of benzene rings is 1. The van der Waals surface area contributed by atoms with E-state index < -0.39 is 26.9 Å². The third-order valence-corrected chi connectivity index (χ3v) is 5.46. The maximum atomic E-state index is 12.3. The minimum absolute atomic E-state index is 0.179. The second kappa shape index (κ2) is 6.02. The Hall–Kier alpha value is -0.920. The first kappa shape index (κ1) is 16.1. The monoisotopic (exact) mass is 304 g/mol. The second-order valence-corrected chi connectivity index (χ2v) is 7.89. The lowest BCUT2D eigenvalue weighted by molar-refractivity contribution is 0.569.